The topological polar surface area (TPSA) is 62.2 Å². The van der Waals surface area contributed by atoms with Crippen LogP contribution in [0.5, 0.6) is 0 Å². The molecule has 0 spiro atoms. The van der Waals surface area contributed by atoms with Crippen LogP contribution in [0.15, 0.2) is 67.0 Å². The number of rotatable bonds is 7. The Balaban J connectivity index is 1.42. The standard InChI is InChI=1S/C21H22N2O2/c24-20(18-10-12-22-13-11-18)15-23-21(25)7-3-4-16-8-9-17-5-1-2-6-19(17)14-16/h1-2,5-6,8-14,20,24H,3-4,7,15H2,(H,23,25). The van der Waals surface area contributed by atoms with E-state index in [9.17, 15) is 9.90 Å². The highest BCUT2D eigenvalue weighted by molar-refractivity contribution is 5.83. The molecule has 1 amide bonds. The Morgan fingerprint density at radius 3 is 2.60 bits per heavy atom. The van der Waals surface area contributed by atoms with E-state index in [0.717, 1.165) is 18.4 Å². The number of benzene rings is 2. The fourth-order valence-electron chi connectivity index (χ4n) is 2.85. The summed E-state index contributed by atoms with van der Waals surface area (Å²) in [5, 5.41) is 15.3. The molecule has 4 heteroatoms. The summed E-state index contributed by atoms with van der Waals surface area (Å²) in [5.74, 6) is -0.0334. The van der Waals surface area contributed by atoms with Gasteiger partial charge in [-0.05, 0) is 46.9 Å². The van der Waals surface area contributed by atoms with Gasteiger partial charge in [0.15, 0.2) is 0 Å². The number of aryl methyl sites for hydroxylation is 1. The lowest BCUT2D eigenvalue weighted by atomic mass is 10.0. The first-order chi connectivity index (χ1) is 12.2. The van der Waals surface area contributed by atoms with Gasteiger partial charge in [0.2, 0.25) is 5.91 Å². The second-order valence-electron chi connectivity index (χ2n) is 6.14. The van der Waals surface area contributed by atoms with Gasteiger partial charge in [0.05, 0.1) is 6.10 Å². The predicted molar refractivity (Wildman–Crippen MR) is 99.1 cm³/mol. The van der Waals surface area contributed by atoms with Crippen molar-refractivity contribution in [1.82, 2.24) is 10.3 Å². The molecule has 0 bridgehead atoms. The van der Waals surface area contributed by atoms with Crippen molar-refractivity contribution < 1.29 is 9.90 Å². The van der Waals surface area contributed by atoms with Crippen molar-refractivity contribution in [2.24, 2.45) is 0 Å². The number of hydrogen-bond donors (Lipinski definition) is 2. The molecule has 128 valence electrons. The molecular formula is C21H22N2O2. The number of amides is 1. The number of nitrogens with zero attached hydrogens (tertiary/aromatic N) is 1. The van der Waals surface area contributed by atoms with Gasteiger partial charge in [-0.1, -0.05) is 42.5 Å². The Bertz CT molecular complexity index is 833. The largest absolute Gasteiger partial charge is 0.387 e. The number of pyridine rings is 1. The van der Waals surface area contributed by atoms with Crippen molar-refractivity contribution in [3.05, 3.63) is 78.1 Å². The maximum atomic E-state index is 11.9. The molecule has 3 rings (SSSR count). The summed E-state index contributed by atoms with van der Waals surface area (Å²) in [7, 11) is 0. The van der Waals surface area contributed by atoms with Gasteiger partial charge in [-0.15, -0.1) is 0 Å². The third-order valence-corrected chi connectivity index (χ3v) is 4.27. The highest BCUT2D eigenvalue weighted by Crippen LogP contribution is 2.17. The summed E-state index contributed by atoms with van der Waals surface area (Å²) in [5.41, 5.74) is 2.00. The number of aliphatic hydroxyl groups is 1. The predicted octanol–water partition coefficient (Wildman–Crippen LogP) is 3.41. The number of hydrogen-bond acceptors (Lipinski definition) is 3. The second kappa shape index (κ2) is 8.40. The highest BCUT2D eigenvalue weighted by atomic mass is 16.3. The minimum Gasteiger partial charge on any atom is -0.387 e. The molecule has 0 radical (unpaired) electrons. The number of carbonyl (C=O) groups is 1. The zero-order chi connectivity index (χ0) is 17.5. The molecule has 1 unspecified atom stereocenters. The molecule has 25 heavy (non-hydrogen) atoms. The minimum atomic E-state index is -0.701. The summed E-state index contributed by atoms with van der Waals surface area (Å²) >= 11 is 0. The lowest BCUT2D eigenvalue weighted by Gasteiger charge is -2.12. The van der Waals surface area contributed by atoms with Crippen LogP contribution in [-0.2, 0) is 11.2 Å². The molecule has 0 saturated heterocycles. The molecule has 0 aliphatic rings. The van der Waals surface area contributed by atoms with Crippen LogP contribution in [0.3, 0.4) is 0 Å². The fourth-order valence-corrected chi connectivity index (χ4v) is 2.85. The van der Waals surface area contributed by atoms with Gasteiger partial charge >= 0.3 is 0 Å². The van der Waals surface area contributed by atoms with Gasteiger partial charge in [-0.3, -0.25) is 9.78 Å². The first kappa shape index (κ1) is 17.1. The Morgan fingerprint density at radius 1 is 1.04 bits per heavy atom. The second-order valence-corrected chi connectivity index (χ2v) is 6.14. The molecule has 0 saturated carbocycles. The fraction of sp³-hybridized carbons (Fsp3) is 0.238. The van der Waals surface area contributed by atoms with Gasteiger partial charge in [-0.2, -0.15) is 0 Å². The Hall–Kier alpha value is -2.72. The summed E-state index contributed by atoms with van der Waals surface area (Å²) < 4.78 is 0. The molecule has 1 heterocycles. The normalized spacial score (nSPS) is 12.0. The zero-order valence-electron chi connectivity index (χ0n) is 14.1. The van der Waals surface area contributed by atoms with Crippen molar-refractivity contribution >= 4 is 16.7 Å². The summed E-state index contributed by atoms with van der Waals surface area (Å²) in [6.45, 7) is 0.221. The quantitative estimate of drug-likeness (QED) is 0.696. The highest BCUT2D eigenvalue weighted by Gasteiger charge is 2.09. The number of nitrogens with one attached hydrogen (secondary N) is 1. The summed E-state index contributed by atoms with van der Waals surface area (Å²) in [6, 6.07) is 18.2. The van der Waals surface area contributed by atoms with Crippen molar-refractivity contribution in [3.63, 3.8) is 0 Å². The van der Waals surface area contributed by atoms with Gasteiger partial charge < -0.3 is 10.4 Å². The van der Waals surface area contributed by atoms with Crippen LogP contribution >= 0.6 is 0 Å². The number of aliphatic hydroxyl groups excluding tert-OH is 1. The average molecular weight is 334 g/mol. The molecular weight excluding hydrogens is 312 g/mol. The van der Waals surface area contributed by atoms with Crippen LogP contribution in [0.1, 0.15) is 30.1 Å². The molecule has 0 aliphatic carbocycles. The van der Waals surface area contributed by atoms with Gasteiger partial charge in [0.25, 0.3) is 0 Å². The molecule has 4 nitrogen and oxygen atoms in total. The Kier molecular flexibility index (Phi) is 5.75. The van der Waals surface area contributed by atoms with E-state index in [-0.39, 0.29) is 12.5 Å². The van der Waals surface area contributed by atoms with Crippen molar-refractivity contribution in [1.29, 1.82) is 0 Å². The van der Waals surface area contributed by atoms with Crippen LogP contribution in [0.4, 0.5) is 0 Å². The van der Waals surface area contributed by atoms with Crippen molar-refractivity contribution in [2.45, 2.75) is 25.4 Å². The number of carbonyl (C=O) groups excluding carboxylic acids is 1. The molecule has 2 N–H and O–H groups in total. The van der Waals surface area contributed by atoms with Crippen LogP contribution in [-0.4, -0.2) is 22.5 Å². The molecule has 2 aromatic carbocycles. The Labute approximate surface area is 147 Å². The van der Waals surface area contributed by atoms with Crippen molar-refractivity contribution in [2.75, 3.05) is 6.54 Å². The number of aromatic nitrogens is 1. The summed E-state index contributed by atoms with van der Waals surface area (Å²) in [6.07, 6.45) is 4.66. The van der Waals surface area contributed by atoms with Crippen LogP contribution < -0.4 is 5.32 Å². The molecule has 3 aromatic rings. The van der Waals surface area contributed by atoms with Gasteiger partial charge in [0, 0.05) is 25.4 Å². The SMILES string of the molecule is O=C(CCCc1ccc2ccccc2c1)NCC(O)c1ccncc1. The summed E-state index contributed by atoms with van der Waals surface area (Å²) in [4.78, 5) is 15.9. The third-order valence-electron chi connectivity index (χ3n) is 4.27. The monoisotopic (exact) mass is 334 g/mol. The van der Waals surface area contributed by atoms with Crippen molar-refractivity contribution in [3.8, 4) is 0 Å². The zero-order valence-corrected chi connectivity index (χ0v) is 14.1. The smallest absolute Gasteiger partial charge is 0.220 e. The first-order valence-electron chi connectivity index (χ1n) is 8.55. The van der Waals surface area contributed by atoms with E-state index in [2.05, 4.69) is 40.6 Å². The average Bonchev–Trinajstić information content (AvgIpc) is 2.66. The molecule has 0 fully saturated rings. The Morgan fingerprint density at radius 2 is 1.80 bits per heavy atom. The van der Waals surface area contributed by atoms with E-state index in [1.807, 2.05) is 12.1 Å². The van der Waals surface area contributed by atoms with Crippen LogP contribution in [0, 0.1) is 0 Å². The van der Waals surface area contributed by atoms with Crippen LogP contribution in [0.2, 0.25) is 0 Å². The maximum absolute atomic E-state index is 11.9. The van der Waals surface area contributed by atoms with Gasteiger partial charge in [0.1, 0.15) is 0 Å². The minimum absolute atomic E-state index is 0.0334. The third kappa shape index (κ3) is 4.88. The van der Waals surface area contributed by atoms with E-state index in [4.69, 9.17) is 0 Å². The van der Waals surface area contributed by atoms with E-state index in [1.54, 1.807) is 24.5 Å². The van der Waals surface area contributed by atoms with E-state index in [0.29, 0.717) is 6.42 Å². The lowest BCUT2D eigenvalue weighted by Crippen LogP contribution is -2.28. The lowest BCUT2D eigenvalue weighted by molar-refractivity contribution is -0.121. The first-order valence-corrected chi connectivity index (χ1v) is 8.55. The molecule has 1 atom stereocenters. The molecule has 1 aromatic heterocycles. The molecule has 0 aliphatic heterocycles. The number of fused-ring (bicyclic) bond motifs is 1. The van der Waals surface area contributed by atoms with E-state index in [1.165, 1.54) is 16.3 Å². The van der Waals surface area contributed by atoms with E-state index >= 15 is 0 Å². The van der Waals surface area contributed by atoms with Crippen LogP contribution in [0.25, 0.3) is 10.8 Å². The maximum Gasteiger partial charge on any atom is 0.220 e. The van der Waals surface area contributed by atoms with E-state index < -0.39 is 6.10 Å². The van der Waals surface area contributed by atoms with Gasteiger partial charge in [-0.25, -0.2) is 0 Å².